The summed E-state index contributed by atoms with van der Waals surface area (Å²) in [4.78, 5) is 10.1. The molecule has 0 atom stereocenters. The van der Waals surface area contributed by atoms with Crippen LogP contribution in [-0.4, -0.2) is 34.7 Å². The van der Waals surface area contributed by atoms with E-state index >= 15 is 0 Å². The molecular formula is C11H10IN7O3. The van der Waals surface area contributed by atoms with Crippen LogP contribution in [0.25, 0.3) is 11.6 Å². The third kappa shape index (κ3) is 2.98. The van der Waals surface area contributed by atoms with Crippen molar-refractivity contribution in [3.63, 3.8) is 0 Å². The highest BCUT2D eigenvalue weighted by molar-refractivity contribution is 14.1. The molecule has 10 nitrogen and oxygen atoms in total. The molecule has 0 bridgehead atoms. The molecule has 0 aliphatic heterocycles. The van der Waals surface area contributed by atoms with Gasteiger partial charge in [0.05, 0.1) is 8.49 Å². The largest absolute Gasteiger partial charge is 0.419 e. The molecule has 0 aliphatic carbocycles. The van der Waals surface area contributed by atoms with Gasteiger partial charge in [-0.2, -0.15) is 10.2 Å². The summed E-state index contributed by atoms with van der Waals surface area (Å²) in [5, 5.41) is 26.7. The van der Waals surface area contributed by atoms with E-state index in [2.05, 4.69) is 43.0 Å². The van der Waals surface area contributed by atoms with Gasteiger partial charge in [-0.3, -0.25) is 19.5 Å². The SMILES string of the molecule is Cn1cc(I)c(-c2nnc(CCn3cc([N+](=O)[O-])cn3)o2)n1. The molecule has 0 amide bonds. The fourth-order valence-electron chi connectivity index (χ4n) is 1.83. The van der Waals surface area contributed by atoms with Crippen molar-refractivity contribution in [3.05, 3.63) is 38.2 Å². The Morgan fingerprint density at radius 1 is 1.41 bits per heavy atom. The van der Waals surface area contributed by atoms with E-state index in [9.17, 15) is 10.1 Å². The molecule has 0 saturated carbocycles. The van der Waals surface area contributed by atoms with Crippen LogP contribution >= 0.6 is 22.6 Å². The van der Waals surface area contributed by atoms with Crippen LogP contribution in [-0.2, 0) is 20.0 Å². The minimum atomic E-state index is -0.489. The fourth-order valence-corrected chi connectivity index (χ4v) is 2.58. The zero-order chi connectivity index (χ0) is 15.7. The number of halogens is 1. The number of hydrogen-bond acceptors (Lipinski definition) is 7. The second-order valence-corrected chi connectivity index (χ2v) is 5.63. The van der Waals surface area contributed by atoms with Crippen molar-refractivity contribution in [1.29, 1.82) is 0 Å². The molecule has 0 unspecified atom stereocenters. The maximum atomic E-state index is 10.6. The molecule has 0 spiro atoms. The van der Waals surface area contributed by atoms with Gasteiger partial charge in [-0.15, -0.1) is 10.2 Å². The van der Waals surface area contributed by atoms with E-state index in [0.717, 1.165) is 3.57 Å². The molecule has 114 valence electrons. The predicted molar refractivity (Wildman–Crippen MR) is 81.8 cm³/mol. The van der Waals surface area contributed by atoms with Crippen molar-refractivity contribution in [3.8, 4) is 11.6 Å². The Labute approximate surface area is 137 Å². The minimum absolute atomic E-state index is 0.0470. The van der Waals surface area contributed by atoms with Crippen molar-refractivity contribution in [1.82, 2.24) is 29.8 Å². The van der Waals surface area contributed by atoms with Crippen LogP contribution in [0, 0.1) is 13.7 Å². The highest BCUT2D eigenvalue weighted by Crippen LogP contribution is 2.22. The van der Waals surface area contributed by atoms with E-state index in [0.29, 0.717) is 30.4 Å². The van der Waals surface area contributed by atoms with Gasteiger partial charge < -0.3 is 4.42 Å². The number of nitro groups is 1. The van der Waals surface area contributed by atoms with Crippen LogP contribution < -0.4 is 0 Å². The number of rotatable bonds is 5. The molecule has 0 saturated heterocycles. The van der Waals surface area contributed by atoms with Crippen LogP contribution in [0.1, 0.15) is 5.89 Å². The minimum Gasteiger partial charge on any atom is -0.419 e. The molecule has 3 heterocycles. The molecule has 0 fully saturated rings. The van der Waals surface area contributed by atoms with Crippen molar-refractivity contribution < 1.29 is 9.34 Å². The van der Waals surface area contributed by atoms with Crippen LogP contribution in [0.2, 0.25) is 0 Å². The van der Waals surface area contributed by atoms with Gasteiger partial charge in [0.2, 0.25) is 5.89 Å². The van der Waals surface area contributed by atoms with Crippen molar-refractivity contribution in [2.24, 2.45) is 7.05 Å². The zero-order valence-corrected chi connectivity index (χ0v) is 13.5. The lowest BCUT2D eigenvalue weighted by atomic mass is 10.4. The maximum absolute atomic E-state index is 10.6. The van der Waals surface area contributed by atoms with E-state index in [-0.39, 0.29) is 5.69 Å². The van der Waals surface area contributed by atoms with Gasteiger partial charge in [0.15, 0.2) is 5.69 Å². The smallest absolute Gasteiger partial charge is 0.306 e. The summed E-state index contributed by atoms with van der Waals surface area (Å²) >= 11 is 2.14. The summed E-state index contributed by atoms with van der Waals surface area (Å²) in [6, 6.07) is 0. The summed E-state index contributed by atoms with van der Waals surface area (Å²) < 4.78 is 9.61. The summed E-state index contributed by atoms with van der Waals surface area (Å²) in [7, 11) is 1.81. The van der Waals surface area contributed by atoms with Crippen molar-refractivity contribution in [2.75, 3.05) is 0 Å². The van der Waals surface area contributed by atoms with Gasteiger partial charge in [0.1, 0.15) is 12.4 Å². The molecule has 0 aliphatic rings. The molecular weight excluding hydrogens is 405 g/mol. The fraction of sp³-hybridized carbons (Fsp3) is 0.273. The average molecular weight is 415 g/mol. The Balaban J connectivity index is 1.69. The van der Waals surface area contributed by atoms with Crippen molar-refractivity contribution >= 4 is 28.3 Å². The average Bonchev–Trinajstić information content (AvgIpc) is 3.16. The lowest BCUT2D eigenvalue weighted by Crippen LogP contribution is -2.01. The monoisotopic (exact) mass is 415 g/mol. The lowest BCUT2D eigenvalue weighted by molar-refractivity contribution is -0.385. The number of aromatic nitrogens is 6. The standard InChI is InChI=1S/C11H10IN7O3/c1-17-6-8(12)10(16-17)11-15-14-9(22-11)2-3-18-5-7(4-13-18)19(20)21/h4-6H,2-3H2,1H3. The molecule has 0 aromatic carbocycles. The first-order chi connectivity index (χ1) is 10.5. The van der Waals surface area contributed by atoms with Gasteiger partial charge in [-0.1, -0.05) is 0 Å². The third-order valence-corrected chi connectivity index (χ3v) is 3.63. The Morgan fingerprint density at radius 3 is 2.86 bits per heavy atom. The Kier molecular flexibility index (Phi) is 3.87. The second kappa shape index (κ2) is 5.82. The first-order valence-electron chi connectivity index (χ1n) is 6.21. The third-order valence-electron chi connectivity index (χ3n) is 2.84. The van der Waals surface area contributed by atoms with Gasteiger partial charge in [0, 0.05) is 26.2 Å². The van der Waals surface area contributed by atoms with Crippen LogP contribution in [0.4, 0.5) is 5.69 Å². The topological polar surface area (TPSA) is 118 Å². The summed E-state index contributed by atoms with van der Waals surface area (Å²) in [5.41, 5.74) is 0.589. The number of hydrogen-bond donors (Lipinski definition) is 0. The number of nitrogens with zero attached hydrogens (tertiary/aromatic N) is 7. The molecule has 11 heteroatoms. The predicted octanol–water partition coefficient (Wildman–Crippen LogP) is 1.42. The molecule has 0 N–H and O–H groups in total. The van der Waals surface area contributed by atoms with E-state index in [1.807, 2.05) is 13.2 Å². The number of aryl methyl sites for hydroxylation is 3. The van der Waals surface area contributed by atoms with Crippen molar-refractivity contribution in [2.45, 2.75) is 13.0 Å². The van der Waals surface area contributed by atoms with Gasteiger partial charge >= 0.3 is 5.69 Å². The first kappa shape index (κ1) is 14.6. The summed E-state index contributed by atoms with van der Waals surface area (Å²) in [5.74, 6) is 0.779. The highest BCUT2D eigenvalue weighted by Gasteiger charge is 2.16. The quantitative estimate of drug-likeness (QED) is 0.351. The maximum Gasteiger partial charge on any atom is 0.306 e. The van der Waals surface area contributed by atoms with E-state index in [1.54, 1.807) is 4.68 Å². The van der Waals surface area contributed by atoms with E-state index in [4.69, 9.17) is 4.42 Å². The summed E-state index contributed by atoms with van der Waals surface area (Å²) in [6.07, 6.45) is 4.84. The Morgan fingerprint density at radius 2 is 2.23 bits per heavy atom. The van der Waals surface area contributed by atoms with Gasteiger partial charge in [-0.25, -0.2) is 0 Å². The van der Waals surface area contributed by atoms with Crippen LogP contribution in [0.3, 0.4) is 0 Å². The van der Waals surface area contributed by atoms with Crippen LogP contribution in [0.15, 0.2) is 23.0 Å². The zero-order valence-electron chi connectivity index (χ0n) is 11.4. The van der Waals surface area contributed by atoms with Gasteiger partial charge in [-0.05, 0) is 22.6 Å². The first-order valence-corrected chi connectivity index (χ1v) is 7.29. The Bertz CT molecular complexity index is 821. The molecule has 3 aromatic heterocycles. The van der Waals surface area contributed by atoms with E-state index < -0.39 is 4.92 Å². The highest BCUT2D eigenvalue weighted by atomic mass is 127. The lowest BCUT2D eigenvalue weighted by Gasteiger charge is -1.96. The molecule has 22 heavy (non-hydrogen) atoms. The second-order valence-electron chi connectivity index (χ2n) is 4.47. The molecule has 3 aromatic rings. The van der Waals surface area contributed by atoms with E-state index in [1.165, 1.54) is 17.1 Å². The normalized spacial score (nSPS) is 11.0. The molecule has 0 radical (unpaired) electrons. The molecule has 3 rings (SSSR count). The van der Waals surface area contributed by atoms with Crippen LogP contribution in [0.5, 0.6) is 0 Å². The Hall–Kier alpha value is -2.31. The van der Waals surface area contributed by atoms with Gasteiger partial charge in [0.25, 0.3) is 5.89 Å². The summed E-state index contributed by atoms with van der Waals surface area (Å²) in [6.45, 7) is 0.411.